The minimum absolute atomic E-state index is 0. The first-order valence-corrected chi connectivity index (χ1v) is 12.6. The van der Waals surface area contributed by atoms with Crippen molar-refractivity contribution >= 4 is 26.7 Å². The van der Waals surface area contributed by atoms with Gasteiger partial charge in [0.25, 0.3) is 0 Å². The normalized spacial score (nSPS) is 11.8. The number of pyridine rings is 1. The zero-order valence-corrected chi connectivity index (χ0v) is 24.6. The van der Waals surface area contributed by atoms with E-state index in [9.17, 15) is 0 Å². The van der Waals surface area contributed by atoms with Gasteiger partial charge >= 0.3 is 0 Å². The van der Waals surface area contributed by atoms with Gasteiger partial charge in [-0.3, -0.25) is 0 Å². The lowest BCUT2D eigenvalue weighted by Gasteiger charge is -2.22. The molecule has 0 unspecified atom stereocenters. The van der Waals surface area contributed by atoms with Gasteiger partial charge in [-0.1, -0.05) is 35.0 Å². The zero-order chi connectivity index (χ0) is 24.5. The van der Waals surface area contributed by atoms with E-state index in [0.717, 1.165) is 57.8 Å². The Bertz CT molecular complexity index is 1410. The fraction of sp³-hybridized carbons (Fsp3) is 0.276. The minimum atomic E-state index is 0. The third-order valence-corrected chi connectivity index (χ3v) is 7.23. The Balaban J connectivity index is 0.00000304. The number of aryl methyl sites for hydroxylation is 3. The molecule has 0 radical (unpaired) electrons. The molecule has 0 saturated carbocycles. The molecule has 1 aliphatic rings. The van der Waals surface area contributed by atoms with Crippen LogP contribution in [0.4, 0.5) is 0 Å². The fourth-order valence-corrected chi connectivity index (χ4v) is 5.24. The van der Waals surface area contributed by atoms with Crippen molar-refractivity contribution in [1.82, 2.24) is 0 Å². The van der Waals surface area contributed by atoms with Crippen molar-refractivity contribution in [2.24, 2.45) is 0 Å². The lowest BCUT2D eigenvalue weighted by Crippen LogP contribution is -3.00. The highest BCUT2D eigenvalue weighted by atomic mass is 127. The summed E-state index contributed by atoms with van der Waals surface area (Å²) in [6.07, 6.45) is 4.02. The molecule has 4 aromatic rings. The van der Waals surface area contributed by atoms with Crippen LogP contribution in [0, 0.1) is 0 Å². The van der Waals surface area contributed by atoms with Gasteiger partial charge < -0.3 is 42.9 Å². The van der Waals surface area contributed by atoms with Crippen LogP contribution in [0.25, 0.3) is 22.0 Å². The van der Waals surface area contributed by atoms with E-state index < -0.39 is 0 Å². The molecule has 3 aromatic carbocycles. The SMILES string of the molecule is CCc1c2[n+](cc3c(OCc4ccc(Br)cc4)c(OC)ccc13)CCc1cc(OC)c(OC)cc1-2.[I-]. The summed E-state index contributed by atoms with van der Waals surface area (Å²) in [5.74, 6) is 3.03. The van der Waals surface area contributed by atoms with Crippen molar-refractivity contribution in [2.75, 3.05) is 21.3 Å². The summed E-state index contributed by atoms with van der Waals surface area (Å²) in [6, 6.07) is 16.6. The highest BCUT2D eigenvalue weighted by Crippen LogP contribution is 2.42. The van der Waals surface area contributed by atoms with Crippen LogP contribution in [0.2, 0.25) is 0 Å². The number of methoxy groups -OCH3 is 3. The number of hydrogen-bond donors (Lipinski definition) is 0. The maximum atomic E-state index is 6.40. The number of aromatic nitrogens is 1. The van der Waals surface area contributed by atoms with Gasteiger partial charge in [0.05, 0.1) is 32.3 Å². The van der Waals surface area contributed by atoms with E-state index in [0.29, 0.717) is 6.61 Å². The van der Waals surface area contributed by atoms with Crippen molar-refractivity contribution in [2.45, 2.75) is 32.9 Å². The number of fused-ring (bicyclic) bond motifs is 4. The lowest BCUT2D eigenvalue weighted by atomic mass is 9.90. The monoisotopic (exact) mass is 661 g/mol. The Morgan fingerprint density at radius 3 is 2.22 bits per heavy atom. The van der Waals surface area contributed by atoms with Crippen LogP contribution in [-0.4, -0.2) is 21.3 Å². The summed E-state index contributed by atoms with van der Waals surface area (Å²) in [5.41, 5.74) is 6.08. The second-order valence-corrected chi connectivity index (χ2v) is 9.51. The number of hydrogen-bond acceptors (Lipinski definition) is 4. The van der Waals surface area contributed by atoms with Crippen molar-refractivity contribution in [3.8, 4) is 34.3 Å². The van der Waals surface area contributed by atoms with E-state index >= 15 is 0 Å². The number of benzene rings is 3. The minimum Gasteiger partial charge on any atom is -1.00 e. The standard InChI is InChI=1S/C29H29BrNO4.HI/c1-5-21-22-10-11-25(32-2)29(35-17-18-6-8-20(30)9-7-18)24(22)16-31-13-12-19-14-26(33-3)27(34-4)15-23(19)28(21)31;/h6-11,14-16H,5,12-13,17H2,1-4H3;1H/q+1;/p-1. The Morgan fingerprint density at radius 2 is 1.56 bits per heavy atom. The van der Waals surface area contributed by atoms with Crippen LogP contribution in [0.1, 0.15) is 23.6 Å². The molecule has 0 amide bonds. The average molecular weight is 662 g/mol. The van der Waals surface area contributed by atoms with Crippen LogP contribution in [0.3, 0.4) is 0 Å². The molecule has 188 valence electrons. The third-order valence-electron chi connectivity index (χ3n) is 6.70. The quantitative estimate of drug-likeness (QED) is 0.225. The van der Waals surface area contributed by atoms with Crippen LogP contribution >= 0.6 is 15.9 Å². The largest absolute Gasteiger partial charge is 1.00 e. The van der Waals surface area contributed by atoms with Gasteiger partial charge in [-0.25, -0.2) is 0 Å². The maximum absolute atomic E-state index is 6.40. The smallest absolute Gasteiger partial charge is 0.216 e. The molecule has 0 aliphatic carbocycles. The van der Waals surface area contributed by atoms with E-state index in [4.69, 9.17) is 18.9 Å². The number of halogens is 2. The molecule has 0 fully saturated rings. The molecule has 0 atom stereocenters. The summed E-state index contributed by atoms with van der Waals surface area (Å²) in [6.45, 7) is 3.55. The number of nitrogens with zero attached hydrogens (tertiary/aromatic N) is 1. The Hall–Kier alpha value is -2.52. The third kappa shape index (κ3) is 4.75. The number of ether oxygens (including phenoxy) is 4. The van der Waals surface area contributed by atoms with Crippen LogP contribution in [0.15, 0.2) is 59.2 Å². The summed E-state index contributed by atoms with van der Waals surface area (Å²) >= 11 is 3.50. The highest BCUT2D eigenvalue weighted by molar-refractivity contribution is 9.10. The Morgan fingerprint density at radius 1 is 0.861 bits per heavy atom. The van der Waals surface area contributed by atoms with E-state index in [-0.39, 0.29) is 24.0 Å². The van der Waals surface area contributed by atoms with Crippen LogP contribution in [0.5, 0.6) is 23.0 Å². The molecule has 36 heavy (non-hydrogen) atoms. The van der Waals surface area contributed by atoms with Crippen molar-refractivity contribution in [1.29, 1.82) is 0 Å². The van der Waals surface area contributed by atoms with Gasteiger partial charge in [0, 0.05) is 21.8 Å². The summed E-state index contributed by atoms with van der Waals surface area (Å²) in [4.78, 5) is 0. The molecule has 5 rings (SSSR count). The van der Waals surface area contributed by atoms with Crippen molar-refractivity contribution in [3.05, 3.63) is 75.9 Å². The fourth-order valence-electron chi connectivity index (χ4n) is 4.98. The molecule has 0 N–H and O–H groups in total. The van der Waals surface area contributed by atoms with Gasteiger partial charge in [-0.05, 0) is 53.9 Å². The zero-order valence-electron chi connectivity index (χ0n) is 20.9. The molecular weight excluding hydrogens is 633 g/mol. The van der Waals surface area contributed by atoms with E-state index in [1.54, 1.807) is 21.3 Å². The van der Waals surface area contributed by atoms with Gasteiger partial charge in [0.1, 0.15) is 6.61 Å². The van der Waals surface area contributed by atoms with Gasteiger partial charge in [-0.2, -0.15) is 4.57 Å². The van der Waals surface area contributed by atoms with Gasteiger partial charge in [-0.15, -0.1) is 0 Å². The van der Waals surface area contributed by atoms with Gasteiger partial charge in [0.15, 0.2) is 35.7 Å². The first kappa shape index (κ1) is 26.5. The second-order valence-electron chi connectivity index (χ2n) is 8.59. The summed E-state index contributed by atoms with van der Waals surface area (Å²) in [7, 11) is 5.06. The molecule has 7 heteroatoms. The molecule has 1 aliphatic heterocycles. The first-order chi connectivity index (χ1) is 17.1. The Labute approximate surface area is 237 Å². The average Bonchev–Trinajstić information content (AvgIpc) is 2.90. The predicted molar refractivity (Wildman–Crippen MR) is 141 cm³/mol. The van der Waals surface area contributed by atoms with Crippen LogP contribution in [-0.2, 0) is 26.0 Å². The summed E-state index contributed by atoms with van der Waals surface area (Å²) in [5, 5.41) is 2.24. The molecule has 0 spiro atoms. The molecule has 0 saturated heterocycles. The van der Waals surface area contributed by atoms with Crippen molar-refractivity contribution in [3.63, 3.8) is 0 Å². The predicted octanol–water partition coefficient (Wildman–Crippen LogP) is 3.28. The highest BCUT2D eigenvalue weighted by Gasteiger charge is 2.30. The first-order valence-electron chi connectivity index (χ1n) is 11.8. The molecule has 0 bridgehead atoms. The van der Waals surface area contributed by atoms with Crippen LogP contribution < -0.4 is 47.5 Å². The van der Waals surface area contributed by atoms with E-state index in [1.165, 1.54) is 27.8 Å². The van der Waals surface area contributed by atoms with Gasteiger partial charge in [0.2, 0.25) is 5.69 Å². The summed E-state index contributed by atoms with van der Waals surface area (Å²) < 4.78 is 26.7. The van der Waals surface area contributed by atoms with Crippen molar-refractivity contribution < 1.29 is 47.5 Å². The maximum Gasteiger partial charge on any atom is 0.216 e. The molecule has 1 aromatic heterocycles. The second kappa shape index (κ2) is 11.3. The molecule has 5 nitrogen and oxygen atoms in total. The lowest BCUT2D eigenvalue weighted by molar-refractivity contribution is -0.686. The topological polar surface area (TPSA) is 40.8 Å². The van der Waals surface area contributed by atoms with E-state index in [2.05, 4.69) is 63.9 Å². The molecule has 2 heterocycles. The van der Waals surface area contributed by atoms with E-state index in [1.807, 2.05) is 18.2 Å². The number of rotatable bonds is 7. The Kier molecular flexibility index (Phi) is 8.30. The molecular formula is C29H29BrINO4.